The molecular formula is C11H23NO2. The van der Waals surface area contributed by atoms with Crippen molar-refractivity contribution in [2.24, 2.45) is 11.7 Å². The van der Waals surface area contributed by atoms with Crippen molar-refractivity contribution < 1.29 is 9.47 Å². The second-order valence-electron chi connectivity index (χ2n) is 4.69. The van der Waals surface area contributed by atoms with Gasteiger partial charge in [0.15, 0.2) is 0 Å². The van der Waals surface area contributed by atoms with Gasteiger partial charge in [0.25, 0.3) is 0 Å². The first kappa shape index (κ1) is 12.0. The SMILES string of the molecule is CC(C)COCCC1(N)CCOCC1. The number of ether oxygens (including phenoxy) is 2. The topological polar surface area (TPSA) is 44.5 Å². The van der Waals surface area contributed by atoms with E-state index in [2.05, 4.69) is 13.8 Å². The van der Waals surface area contributed by atoms with Crippen LogP contribution in [0.5, 0.6) is 0 Å². The van der Waals surface area contributed by atoms with Gasteiger partial charge < -0.3 is 15.2 Å². The Morgan fingerprint density at radius 1 is 1.36 bits per heavy atom. The Balaban J connectivity index is 2.09. The lowest BCUT2D eigenvalue weighted by Gasteiger charge is -2.33. The maximum atomic E-state index is 6.22. The molecule has 0 bridgehead atoms. The summed E-state index contributed by atoms with van der Waals surface area (Å²) in [5, 5.41) is 0. The number of hydrogen-bond donors (Lipinski definition) is 1. The third kappa shape index (κ3) is 4.40. The highest BCUT2D eigenvalue weighted by Gasteiger charge is 2.27. The molecule has 0 spiro atoms. The lowest BCUT2D eigenvalue weighted by molar-refractivity contribution is 0.0301. The van der Waals surface area contributed by atoms with E-state index in [1.807, 2.05) is 0 Å². The van der Waals surface area contributed by atoms with Gasteiger partial charge in [-0.3, -0.25) is 0 Å². The van der Waals surface area contributed by atoms with Crippen LogP contribution in [-0.4, -0.2) is 32.0 Å². The molecule has 3 heteroatoms. The van der Waals surface area contributed by atoms with Crippen molar-refractivity contribution in [2.45, 2.75) is 38.6 Å². The van der Waals surface area contributed by atoms with E-state index >= 15 is 0 Å². The standard InChI is InChI=1S/C11H23NO2/c1-10(2)9-14-8-5-11(12)3-6-13-7-4-11/h10H,3-9,12H2,1-2H3. The molecule has 0 atom stereocenters. The van der Waals surface area contributed by atoms with Gasteiger partial charge in [-0.1, -0.05) is 13.8 Å². The van der Waals surface area contributed by atoms with Gasteiger partial charge in [0.1, 0.15) is 0 Å². The van der Waals surface area contributed by atoms with Crippen molar-refractivity contribution in [3.63, 3.8) is 0 Å². The Labute approximate surface area is 86.9 Å². The Kier molecular flexibility index (Phi) is 4.85. The smallest absolute Gasteiger partial charge is 0.0489 e. The van der Waals surface area contributed by atoms with Crippen molar-refractivity contribution in [1.82, 2.24) is 0 Å². The molecule has 84 valence electrons. The third-order valence-electron chi connectivity index (χ3n) is 2.68. The molecule has 0 aromatic rings. The first-order valence-electron chi connectivity index (χ1n) is 5.57. The Morgan fingerprint density at radius 3 is 2.57 bits per heavy atom. The van der Waals surface area contributed by atoms with Crippen LogP contribution in [0.25, 0.3) is 0 Å². The van der Waals surface area contributed by atoms with Crippen molar-refractivity contribution in [3.05, 3.63) is 0 Å². The van der Waals surface area contributed by atoms with Crippen molar-refractivity contribution in [2.75, 3.05) is 26.4 Å². The number of nitrogens with two attached hydrogens (primary N) is 1. The zero-order chi connectivity index (χ0) is 10.4. The van der Waals surface area contributed by atoms with Crippen LogP contribution in [0, 0.1) is 5.92 Å². The Bertz CT molecular complexity index is 153. The van der Waals surface area contributed by atoms with Gasteiger partial charge in [-0.2, -0.15) is 0 Å². The molecule has 0 radical (unpaired) electrons. The average molecular weight is 201 g/mol. The summed E-state index contributed by atoms with van der Waals surface area (Å²) in [5.74, 6) is 0.610. The van der Waals surface area contributed by atoms with Crippen molar-refractivity contribution in [1.29, 1.82) is 0 Å². The molecule has 0 aromatic carbocycles. The van der Waals surface area contributed by atoms with Gasteiger partial charge in [-0.15, -0.1) is 0 Å². The molecule has 1 rings (SSSR count). The van der Waals surface area contributed by atoms with Crippen LogP contribution in [0.1, 0.15) is 33.1 Å². The molecule has 1 saturated heterocycles. The summed E-state index contributed by atoms with van der Waals surface area (Å²) in [4.78, 5) is 0. The summed E-state index contributed by atoms with van der Waals surface area (Å²) in [5.41, 5.74) is 6.18. The fourth-order valence-corrected chi connectivity index (χ4v) is 1.62. The fourth-order valence-electron chi connectivity index (χ4n) is 1.62. The molecule has 0 saturated carbocycles. The van der Waals surface area contributed by atoms with Gasteiger partial charge in [-0.05, 0) is 25.2 Å². The fraction of sp³-hybridized carbons (Fsp3) is 1.00. The molecule has 1 aliphatic rings. The van der Waals surface area contributed by atoms with Crippen LogP contribution < -0.4 is 5.73 Å². The Hall–Kier alpha value is -0.120. The van der Waals surface area contributed by atoms with Crippen LogP contribution in [-0.2, 0) is 9.47 Å². The van der Waals surface area contributed by atoms with Crippen LogP contribution in [0.15, 0.2) is 0 Å². The monoisotopic (exact) mass is 201 g/mol. The van der Waals surface area contributed by atoms with E-state index in [1.54, 1.807) is 0 Å². The predicted octanol–water partition coefficient (Wildman–Crippen LogP) is 1.56. The van der Waals surface area contributed by atoms with E-state index in [-0.39, 0.29) is 5.54 Å². The molecule has 14 heavy (non-hydrogen) atoms. The van der Waals surface area contributed by atoms with Gasteiger partial charge in [0, 0.05) is 32.0 Å². The van der Waals surface area contributed by atoms with Crippen LogP contribution in [0.4, 0.5) is 0 Å². The lowest BCUT2D eigenvalue weighted by Crippen LogP contribution is -2.45. The van der Waals surface area contributed by atoms with Gasteiger partial charge >= 0.3 is 0 Å². The minimum absolute atomic E-state index is 0.0325. The van der Waals surface area contributed by atoms with Crippen molar-refractivity contribution in [3.8, 4) is 0 Å². The second-order valence-corrected chi connectivity index (χ2v) is 4.69. The van der Waals surface area contributed by atoms with E-state index in [1.165, 1.54) is 0 Å². The highest BCUT2D eigenvalue weighted by Crippen LogP contribution is 2.21. The predicted molar refractivity (Wildman–Crippen MR) is 57.2 cm³/mol. The summed E-state index contributed by atoms with van der Waals surface area (Å²) >= 11 is 0. The highest BCUT2D eigenvalue weighted by atomic mass is 16.5. The quantitative estimate of drug-likeness (QED) is 0.686. The average Bonchev–Trinajstić information content (AvgIpc) is 2.14. The third-order valence-corrected chi connectivity index (χ3v) is 2.68. The van der Waals surface area contributed by atoms with E-state index < -0.39 is 0 Å². The zero-order valence-corrected chi connectivity index (χ0v) is 9.42. The molecule has 0 unspecified atom stereocenters. The van der Waals surface area contributed by atoms with Gasteiger partial charge in [0.2, 0.25) is 0 Å². The molecule has 1 heterocycles. The first-order chi connectivity index (χ1) is 6.62. The molecule has 0 aromatic heterocycles. The van der Waals surface area contributed by atoms with Crippen LogP contribution in [0.3, 0.4) is 0 Å². The molecule has 3 nitrogen and oxygen atoms in total. The zero-order valence-electron chi connectivity index (χ0n) is 9.42. The summed E-state index contributed by atoms with van der Waals surface area (Å²) < 4.78 is 10.8. The summed E-state index contributed by atoms with van der Waals surface area (Å²) in [6.45, 7) is 7.56. The van der Waals surface area contributed by atoms with Gasteiger partial charge in [0.05, 0.1) is 0 Å². The molecule has 2 N–H and O–H groups in total. The molecule has 0 amide bonds. The number of rotatable bonds is 5. The molecule has 1 fully saturated rings. The van der Waals surface area contributed by atoms with Crippen LogP contribution >= 0.6 is 0 Å². The van der Waals surface area contributed by atoms with E-state index in [0.717, 1.165) is 45.7 Å². The maximum absolute atomic E-state index is 6.22. The minimum Gasteiger partial charge on any atom is -0.381 e. The number of hydrogen-bond acceptors (Lipinski definition) is 3. The van der Waals surface area contributed by atoms with Crippen molar-refractivity contribution >= 4 is 0 Å². The molecular weight excluding hydrogens is 178 g/mol. The van der Waals surface area contributed by atoms with E-state index in [0.29, 0.717) is 5.92 Å². The summed E-state index contributed by atoms with van der Waals surface area (Å²) in [7, 11) is 0. The van der Waals surface area contributed by atoms with Gasteiger partial charge in [-0.25, -0.2) is 0 Å². The van der Waals surface area contributed by atoms with E-state index in [4.69, 9.17) is 15.2 Å². The lowest BCUT2D eigenvalue weighted by atomic mass is 9.88. The Morgan fingerprint density at radius 2 is 2.00 bits per heavy atom. The minimum atomic E-state index is -0.0325. The normalized spacial score (nSPS) is 21.4. The summed E-state index contributed by atoms with van der Waals surface area (Å²) in [6.07, 6.45) is 2.90. The van der Waals surface area contributed by atoms with Crippen LogP contribution in [0.2, 0.25) is 0 Å². The highest BCUT2D eigenvalue weighted by molar-refractivity contribution is 4.85. The van der Waals surface area contributed by atoms with E-state index in [9.17, 15) is 0 Å². The second kappa shape index (κ2) is 5.69. The maximum Gasteiger partial charge on any atom is 0.0489 e. The largest absolute Gasteiger partial charge is 0.381 e. The summed E-state index contributed by atoms with van der Waals surface area (Å²) in [6, 6.07) is 0. The molecule has 0 aliphatic carbocycles. The molecule has 1 aliphatic heterocycles. The first-order valence-corrected chi connectivity index (χ1v) is 5.57.